The molecule has 0 saturated carbocycles. The van der Waals surface area contributed by atoms with Crippen molar-refractivity contribution in [2.75, 3.05) is 26.2 Å². The Kier molecular flexibility index (Phi) is 6.74. The van der Waals surface area contributed by atoms with Gasteiger partial charge in [0.25, 0.3) is 10.0 Å². The minimum Gasteiger partial charge on any atom is -0.300 e. The Labute approximate surface area is 154 Å². The molecule has 1 N–H and O–H groups in total. The highest BCUT2D eigenvalue weighted by atomic mass is 35.5. The first-order chi connectivity index (χ1) is 11.0. The van der Waals surface area contributed by atoms with Gasteiger partial charge in [-0.3, -0.25) is 14.6 Å². The summed E-state index contributed by atoms with van der Waals surface area (Å²) in [6.07, 6.45) is 4.70. The van der Waals surface area contributed by atoms with Crippen molar-refractivity contribution >= 4 is 39.4 Å². The van der Waals surface area contributed by atoms with Crippen LogP contribution in [0, 0.1) is 6.92 Å². The predicted molar refractivity (Wildman–Crippen MR) is 102 cm³/mol. The molecule has 132 valence electrons. The van der Waals surface area contributed by atoms with Gasteiger partial charge in [-0.1, -0.05) is 35.5 Å². The maximum atomic E-state index is 12.3. The zero-order valence-electron chi connectivity index (χ0n) is 13.6. The first kappa shape index (κ1) is 19.3. The molecule has 0 bridgehead atoms. The molecule has 1 aromatic rings. The number of halogens is 1. The normalized spacial score (nSPS) is 20.0. The van der Waals surface area contributed by atoms with Crippen molar-refractivity contribution in [2.45, 2.75) is 24.7 Å². The molecule has 2 heterocycles. The molecule has 3 rings (SSSR count). The number of benzene rings is 1. The minimum absolute atomic E-state index is 0. The van der Waals surface area contributed by atoms with Crippen LogP contribution in [0.15, 0.2) is 45.1 Å². The molecule has 8 heteroatoms. The first-order valence-corrected chi connectivity index (χ1v) is 10.1. The molecule has 0 unspecified atom stereocenters. The first-order valence-electron chi connectivity index (χ1n) is 7.76. The Hall–Kier alpha value is -1.02. The number of sulfonamides is 1. The van der Waals surface area contributed by atoms with Crippen molar-refractivity contribution in [3.8, 4) is 0 Å². The number of likely N-dealkylation sites (tertiary alicyclic amines) is 1. The maximum absolute atomic E-state index is 12.3. The third kappa shape index (κ3) is 4.99. The topological polar surface area (TPSA) is 61.8 Å². The number of hydrogen-bond donors (Lipinski definition) is 1. The molecule has 24 heavy (non-hydrogen) atoms. The average Bonchev–Trinajstić information content (AvgIpc) is 3.16. The van der Waals surface area contributed by atoms with Crippen LogP contribution in [0.3, 0.4) is 0 Å². The van der Waals surface area contributed by atoms with Crippen LogP contribution >= 0.6 is 24.2 Å². The van der Waals surface area contributed by atoms with E-state index in [-0.39, 0.29) is 17.3 Å². The number of aryl methyl sites for hydroxylation is 1. The molecule has 0 radical (unpaired) electrons. The summed E-state index contributed by atoms with van der Waals surface area (Å²) in [7, 11) is -3.55. The molecule has 0 spiro atoms. The predicted octanol–water partition coefficient (Wildman–Crippen LogP) is 2.78. The summed E-state index contributed by atoms with van der Waals surface area (Å²) < 4.78 is 27.3. The van der Waals surface area contributed by atoms with Gasteiger partial charge in [-0.15, -0.1) is 12.4 Å². The lowest BCUT2D eigenvalue weighted by Gasteiger charge is -2.11. The number of nitrogens with one attached hydrogen (secondary N) is 1. The van der Waals surface area contributed by atoms with E-state index in [0.29, 0.717) is 11.7 Å². The van der Waals surface area contributed by atoms with E-state index in [2.05, 4.69) is 20.7 Å². The molecule has 0 amide bonds. The highest BCUT2D eigenvalue weighted by Gasteiger charge is 2.21. The number of hydrogen-bond acceptors (Lipinski definition) is 5. The lowest BCUT2D eigenvalue weighted by molar-refractivity contribution is 0.377. The van der Waals surface area contributed by atoms with Crippen LogP contribution in [-0.4, -0.2) is 44.7 Å². The van der Waals surface area contributed by atoms with Gasteiger partial charge in [0, 0.05) is 11.4 Å². The van der Waals surface area contributed by atoms with Crippen molar-refractivity contribution in [1.82, 2.24) is 9.62 Å². The molecule has 1 saturated heterocycles. The summed E-state index contributed by atoms with van der Waals surface area (Å²) in [4.78, 5) is 8.07. The third-order valence-corrected chi connectivity index (χ3v) is 6.40. The molecular formula is C16H22ClN3O2S2. The summed E-state index contributed by atoms with van der Waals surface area (Å²) in [5, 5.41) is 0.457. The van der Waals surface area contributed by atoms with Gasteiger partial charge in [0.05, 0.1) is 11.4 Å². The lowest BCUT2D eigenvalue weighted by atomic mass is 10.2. The molecule has 5 nitrogen and oxygen atoms in total. The smallest absolute Gasteiger partial charge is 0.263 e. The number of amidine groups is 1. The molecule has 2 aliphatic rings. The second kappa shape index (κ2) is 8.38. The summed E-state index contributed by atoms with van der Waals surface area (Å²) in [6, 6.07) is 6.81. The summed E-state index contributed by atoms with van der Waals surface area (Å²) in [5.41, 5.74) is 1.03. The Morgan fingerprint density at radius 2 is 1.92 bits per heavy atom. The zero-order valence-corrected chi connectivity index (χ0v) is 16.0. The summed E-state index contributed by atoms with van der Waals surface area (Å²) in [6.45, 7) is 5.72. The maximum Gasteiger partial charge on any atom is 0.263 e. The number of rotatable bonds is 4. The second-order valence-corrected chi connectivity index (χ2v) is 8.62. The minimum atomic E-state index is -3.55. The number of thioether (sulfide) groups is 1. The van der Waals surface area contributed by atoms with E-state index in [1.165, 1.54) is 24.6 Å². The largest absolute Gasteiger partial charge is 0.300 e. The second-order valence-electron chi connectivity index (χ2n) is 5.82. The van der Waals surface area contributed by atoms with Gasteiger partial charge in [-0.2, -0.15) is 0 Å². The fourth-order valence-corrected chi connectivity index (χ4v) is 4.65. The number of aliphatic imine (C=N–C) groups is 1. The Balaban J connectivity index is 0.00000208. The van der Waals surface area contributed by atoms with Gasteiger partial charge in [0.15, 0.2) is 5.17 Å². The van der Waals surface area contributed by atoms with Crippen LogP contribution < -0.4 is 4.72 Å². The highest BCUT2D eigenvalue weighted by Crippen LogP contribution is 2.25. The highest BCUT2D eigenvalue weighted by molar-refractivity contribution is 8.18. The van der Waals surface area contributed by atoms with Gasteiger partial charge < -0.3 is 0 Å². The van der Waals surface area contributed by atoms with Gasteiger partial charge in [-0.25, -0.2) is 8.42 Å². The molecule has 1 fully saturated rings. The fourth-order valence-electron chi connectivity index (χ4n) is 2.59. The van der Waals surface area contributed by atoms with Crippen molar-refractivity contribution in [1.29, 1.82) is 0 Å². The van der Waals surface area contributed by atoms with Crippen LogP contribution in [0.4, 0.5) is 0 Å². The van der Waals surface area contributed by atoms with Gasteiger partial charge >= 0.3 is 0 Å². The monoisotopic (exact) mass is 387 g/mol. The summed E-state index contributed by atoms with van der Waals surface area (Å²) >= 11 is 1.41. The quantitative estimate of drug-likeness (QED) is 0.862. The van der Waals surface area contributed by atoms with Crippen molar-refractivity contribution in [3.05, 3.63) is 40.8 Å². The number of nitrogens with zero attached hydrogens (tertiary/aromatic N) is 2. The molecule has 0 aromatic heterocycles. The van der Waals surface area contributed by atoms with Crippen molar-refractivity contribution < 1.29 is 8.42 Å². The molecule has 2 aliphatic heterocycles. The Morgan fingerprint density at radius 1 is 1.25 bits per heavy atom. The van der Waals surface area contributed by atoms with E-state index in [1.54, 1.807) is 24.3 Å². The van der Waals surface area contributed by atoms with Crippen LogP contribution in [0.1, 0.15) is 18.4 Å². The van der Waals surface area contributed by atoms with E-state index in [4.69, 9.17) is 0 Å². The van der Waals surface area contributed by atoms with E-state index >= 15 is 0 Å². The van der Waals surface area contributed by atoms with E-state index in [1.807, 2.05) is 6.92 Å². The average molecular weight is 388 g/mol. The van der Waals surface area contributed by atoms with Crippen molar-refractivity contribution in [3.63, 3.8) is 0 Å². The molecule has 0 atom stereocenters. The van der Waals surface area contributed by atoms with Crippen LogP contribution in [-0.2, 0) is 10.0 Å². The van der Waals surface area contributed by atoms with Crippen LogP contribution in [0.2, 0.25) is 0 Å². The fraction of sp³-hybridized carbons (Fsp3) is 0.438. The van der Waals surface area contributed by atoms with Crippen LogP contribution in [0.5, 0.6) is 0 Å². The zero-order chi connectivity index (χ0) is 16.3. The lowest BCUT2D eigenvalue weighted by Crippen LogP contribution is -2.27. The Bertz CT molecular complexity index is 724. The van der Waals surface area contributed by atoms with E-state index in [9.17, 15) is 8.42 Å². The van der Waals surface area contributed by atoms with E-state index < -0.39 is 10.0 Å². The Morgan fingerprint density at radius 3 is 2.58 bits per heavy atom. The standard InChI is InChI=1S/C16H21N3O2S2.ClH/c1-13-4-6-15(7-5-13)23(20,21)18-16-17-12-14(22-16)8-11-19-9-2-3-10-19;/h4-8H,2-3,9-12H2,1H3,(H,17,18);1H. The SMILES string of the molecule is Cc1ccc(S(=O)(=O)NC2=NCC(=CCN3CCCC3)S2)cc1.Cl. The summed E-state index contributed by atoms with van der Waals surface area (Å²) in [5.74, 6) is 0. The van der Waals surface area contributed by atoms with Gasteiger partial charge in [0.1, 0.15) is 0 Å². The molecule has 0 aliphatic carbocycles. The van der Waals surface area contributed by atoms with Crippen molar-refractivity contribution in [2.24, 2.45) is 4.99 Å². The van der Waals surface area contributed by atoms with Gasteiger partial charge in [-0.05, 0) is 45.0 Å². The van der Waals surface area contributed by atoms with Crippen LogP contribution in [0.25, 0.3) is 0 Å². The third-order valence-electron chi connectivity index (χ3n) is 3.94. The van der Waals surface area contributed by atoms with Gasteiger partial charge in [0.2, 0.25) is 0 Å². The molecule has 1 aromatic carbocycles. The van der Waals surface area contributed by atoms with E-state index in [0.717, 1.165) is 30.1 Å². The molecular weight excluding hydrogens is 366 g/mol.